The number of hydrogen-bond donors (Lipinski definition) is 2. The van der Waals surface area contributed by atoms with Gasteiger partial charge in [0.2, 0.25) is 5.91 Å². The van der Waals surface area contributed by atoms with Gasteiger partial charge >= 0.3 is 6.09 Å². The molecule has 13 heteroatoms. The number of carbonyl (C=O) groups excluding carboxylic acids is 3. The summed E-state index contributed by atoms with van der Waals surface area (Å²) in [7, 11) is -3.92. The Morgan fingerprint density at radius 2 is 1.97 bits per heavy atom. The number of rotatable bonds is 6. The van der Waals surface area contributed by atoms with E-state index in [9.17, 15) is 22.8 Å². The van der Waals surface area contributed by atoms with Gasteiger partial charge in [-0.3, -0.25) is 14.9 Å². The Hall–Kier alpha value is -1.99. The van der Waals surface area contributed by atoms with Gasteiger partial charge in [-0.05, 0) is 62.6 Å². The van der Waals surface area contributed by atoms with Crippen molar-refractivity contribution in [3.63, 3.8) is 0 Å². The molecule has 9 nitrogen and oxygen atoms in total. The lowest BCUT2D eigenvalue weighted by Gasteiger charge is -2.33. The fourth-order valence-corrected chi connectivity index (χ4v) is 9.28. The highest BCUT2D eigenvalue weighted by molar-refractivity contribution is 7.91. The van der Waals surface area contributed by atoms with Crippen molar-refractivity contribution in [2.75, 3.05) is 18.5 Å². The van der Waals surface area contributed by atoms with Crippen LogP contribution >= 0.6 is 34.3 Å². The van der Waals surface area contributed by atoms with Crippen LogP contribution in [0.15, 0.2) is 16.3 Å². The molecule has 0 radical (unpaired) electrons. The lowest BCUT2D eigenvalue weighted by molar-refractivity contribution is -0.120. The molecular formula is C23H28ClN3O6S3. The summed E-state index contributed by atoms with van der Waals surface area (Å²) < 4.78 is 33.1. The van der Waals surface area contributed by atoms with Crippen LogP contribution in [-0.2, 0) is 32.4 Å². The molecule has 2 atom stereocenters. The van der Waals surface area contributed by atoms with Gasteiger partial charge in [-0.2, -0.15) is 4.31 Å². The number of imide groups is 1. The number of nitrogens with one attached hydrogen (secondary N) is 2. The second-order valence-corrected chi connectivity index (χ2v) is 13.8. The Morgan fingerprint density at radius 3 is 2.67 bits per heavy atom. The van der Waals surface area contributed by atoms with E-state index < -0.39 is 34.0 Å². The van der Waals surface area contributed by atoms with Gasteiger partial charge in [-0.15, -0.1) is 22.7 Å². The molecule has 2 aliphatic rings. The summed E-state index contributed by atoms with van der Waals surface area (Å²) in [6.45, 7) is 4.09. The zero-order chi connectivity index (χ0) is 26.0. The van der Waals surface area contributed by atoms with E-state index in [-0.39, 0.29) is 22.9 Å². The summed E-state index contributed by atoms with van der Waals surface area (Å²) in [5.41, 5.74) is 1.06. The highest BCUT2D eigenvalue weighted by atomic mass is 35.5. The Bertz CT molecular complexity index is 1270. The molecule has 3 amide bonds. The minimum absolute atomic E-state index is 0.0854. The maximum atomic E-state index is 13.5. The van der Waals surface area contributed by atoms with Crippen LogP contribution in [0.5, 0.6) is 0 Å². The van der Waals surface area contributed by atoms with Crippen LogP contribution in [-0.4, -0.2) is 49.8 Å². The van der Waals surface area contributed by atoms with Crippen molar-refractivity contribution in [1.82, 2.24) is 9.62 Å². The minimum atomic E-state index is -3.92. The van der Waals surface area contributed by atoms with Crippen molar-refractivity contribution in [2.24, 2.45) is 5.92 Å². The van der Waals surface area contributed by atoms with Gasteiger partial charge in [-0.1, -0.05) is 24.9 Å². The predicted octanol–water partition coefficient (Wildman–Crippen LogP) is 4.66. The van der Waals surface area contributed by atoms with Gasteiger partial charge in [0.1, 0.15) is 15.3 Å². The maximum Gasteiger partial charge on any atom is 0.414 e. The zero-order valence-electron chi connectivity index (χ0n) is 20.0. The highest BCUT2D eigenvalue weighted by Crippen LogP contribution is 2.40. The Kier molecular flexibility index (Phi) is 8.40. The molecule has 4 rings (SSSR count). The molecular weight excluding hydrogens is 546 g/mol. The number of carbonyl (C=O) groups is 3. The monoisotopic (exact) mass is 573 g/mol. The SMILES string of the molecule is CCOC(=O)NC(=O)c1c(NC(=O)C2CCCCN2S(=O)(=O)c2ccc(Cl)s2)sc2c1CCC(C)C2. The normalized spacial score (nSPS) is 20.4. The standard InChI is InChI=1S/C23H28ClN3O6S3/c1-3-33-23(30)26-21(29)19-14-8-7-13(2)12-16(14)34-22(19)25-20(28)15-6-4-5-11-27(15)36(31,32)18-10-9-17(24)35-18/h9-10,13,15H,3-8,11-12H2,1-2H3,(H,25,28)(H,26,29,30). The van der Waals surface area contributed by atoms with E-state index in [2.05, 4.69) is 17.6 Å². The van der Waals surface area contributed by atoms with Crippen molar-refractivity contribution in [3.8, 4) is 0 Å². The van der Waals surface area contributed by atoms with Gasteiger partial charge in [0.15, 0.2) is 0 Å². The molecule has 0 aromatic carbocycles. The summed E-state index contributed by atoms with van der Waals surface area (Å²) in [5, 5.41) is 5.39. The average molecular weight is 574 g/mol. The number of piperidine rings is 1. The fourth-order valence-electron chi connectivity index (χ4n) is 4.60. The molecule has 36 heavy (non-hydrogen) atoms. The molecule has 1 saturated heterocycles. The third kappa shape index (κ3) is 5.62. The number of anilines is 1. The third-order valence-corrected chi connectivity index (χ3v) is 11.1. The van der Waals surface area contributed by atoms with E-state index in [0.29, 0.717) is 40.9 Å². The molecule has 1 fully saturated rings. The van der Waals surface area contributed by atoms with Gasteiger partial charge < -0.3 is 10.1 Å². The summed E-state index contributed by atoms with van der Waals surface area (Å²) in [4.78, 5) is 39.4. The van der Waals surface area contributed by atoms with Crippen LogP contribution in [0.2, 0.25) is 4.34 Å². The molecule has 2 aromatic heterocycles. The van der Waals surface area contributed by atoms with Crippen molar-refractivity contribution in [3.05, 3.63) is 32.5 Å². The summed E-state index contributed by atoms with van der Waals surface area (Å²) in [6, 6.07) is 2.03. The Balaban J connectivity index is 1.63. The summed E-state index contributed by atoms with van der Waals surface area (Å²) in [6.07, 6.45) is 3.13. The van der Waals surface area contributed by atoms with E-state index >= 15 is 0 Å². The number of sulfonamides is 1. The van der Waals surface area contributed by atoms with Crippen LogP contribution in [0, 0.1) is 5.92 Å². The van der Waals surface area contributed by atoms with Crippen molar-refractivity contribution in [2.45, 2.75) is 62.6 Å². The summed E-state index contributed by atoms with van der Waals surface area (Å²) in [5.74, 6) is -0.716. The number of alkyl carbamates (subject to hydrolysis) is 1. The molecule has 2 N–H and O–H groups in total. The Morgan fingerprint density at radius 1 is 1.19 bits per heavy atom. The first-order valence-corrected chi connectivity index (χ1v) is 15.3. The fraction of sp³-hybridized carbons (Fsp3) is 0.522. The van der Waals surface area contributed by atoms with Crippen LogP contribution in [0.25, 0.3) is 0 Å². The average Bonchev–Trinajstić information content (AvgIpc) is 3.42. The smallest absolute Gasteiger partial charge is 0.414 e. The second kappa shape index (κ2) is 11.2. The number of hydrogen-bond acceptors (Lipinski definition) is 8. The van der Waals surface area contributed by atoms with E-state index in [1.807, 2.05) is 0 Å². The number of fused-ring (bicyclic) bond motifs is 1. The van der Waals surface area contributed by atoms with Crippen LogP contribution in [0.3, 0.4) is 0 Å². The van der Waals surface area contributed by atoms with Gasteiger partial charge in [0.25, 0.3) is 15.9 Å². The topological polar surface area (TPSA) is 122 Å². The molecule has 0 spiro atoms. The summed E-state index contributed by atoms with van der Waals surface area (Å²) >= 11 is 8.22. The first-order chi connectivity index (χ1) is 17.1. The van der Waals surface area contributed by atoms with Crippen LogP contribution < -0.4 is 10.6 Å². The number of nitrogens with zero attached hydrogens (tertiary/aromatic N) is 1. The van der Waals surface area contributed by atoms with Gasteiger partial charge in [0.05, 0.1) is 16.5 Å². The first-order valence-electron chi connectivity index (χ1n) is 11.8. The lowest BCUT2D eigenvalue weighted by atomic mass is 9.88. The van der Waals surface area contributed by atoms with Crippen molar-refractivity contribution < 1.29 is 27.5 Å². The molecule has 0 bridgehead atoms. The predicted molar refractivity (Wildman–Crippen MR) is 139 cm³/mol. The third-order valence-electron chi connectivity index (χ3n) is 6.33. The molecule has 0 saturated carbocycles. The van der Waals surface area contributed by atoms with E-state index in [0.717, 1.165) is 34.6 Å². The lowest BCUT2D eigenvalue weighted by Crippen LogP contribution is -2.49. The largest absolute Gasteiger partial charge is 0.450 e. The number of amides is 3. The molecule has 2 unspecified atom stereocenters. The maximum absolute atomic E-state index is 13.5. The molecule has 196 valence electrons. The van der Waals surface area contributed by atoms with Crippen LogP contribution in [0.1, 0.15) is 60.3 Å². The second-order valence-electron chi connectivity index (χ2n) is 8.91. The Labute approximate surface area is 223 Å². The number of halogens is 1. The van der Waals surface area contributed by atoms with Gasteiger partial charge in [-0.25, -0.2) is 13.2 Å². The molecule has 1 aliphatic carbocycles. The van der Waals surface area contributed by atoms with Gasteiger partial charge in [0, 0.05) is 11.4 Å². The van der Waals surface area contributed by atoms with E-state index in [1.165, 1.54) is 27.8 Å². The van der Waals surface area contributed by atoms with Crippen molar-refractivity contribution in [1.29, 1.82) is 0 Å². The number of thiophene rings is 2. The highest BCUT2D eigenvalue weighted by Gasteiger charge is 2.39. The van der Waals surface area contributed by atoms with Crippen LogP contribution in [0.4, 0.5) is 9.80 Å². The quantitative estimate of drug-likeness (QED) is 0.518. The van der Waals surface area contributed by atoms with E-state index in [4.69, 9.17) is 16.3 Å². The number of ether oxygens (including phenoxy) is 1. The van der Waals surface area contributed by atoms with Crippen molar-refractivity contribution >= 4 is 67.2 Å². The molecule has 3 heterocycles. The molecule has 2 aromatic rings. The molecule has 1 aliphatic heterocycles. The zero-order valence-corrected chi connectivity index (χ0v) is 23.2. The van der Waals surface area contributed by atoms with E-state index in [1.54, 1.807) is 6.92 Å². The minimum Gasteiger partial charge on any atom is -0.450 e. The first kappa shape index (κ1) is 27.1.